The molecule has 0 saturated heterocycles. The fourth-order valence-corrected chi connectivity index (χ4v) is 5.67. The molecule has 0 bridgehead atoms. The van der Waals surface area contributed by atoms with Gasteiger partial charge in [0.1, 0.15) is 29.2 Å². The number of phenolic OH excluding ortho intramolecular Hbond substituents is 2. The molecule has 1 aliphatic rings. The Kier molecular flexibility index (Phi) is 12.9. The van der Waals surface area contributed by atoms with E-state index in [1.165, 1.54) is 17.0 Å². The molecule has 44 heavy (non-hydrogen) atoms. The van der Waals surface area contributed by atoms with Crippen molar-refractivity contribution in [1.29, 1.82) is 0 Å². The van der Waals surface area contributed by atoms with Crippen LogP contribution in [-0.2, 0) is 20.7 Å². The monoisotopic (exact) mass is 609 g/mol. The van der Waals surface area contributed by atoms with Crippen LogP contribution in [0.5, 0.6) is 11.5 Å². The molecule has 9 nitrogen and oxygen atoms in total. The molecule has 2 unspecified atom stereocenters. The second-order valence-corrected chi connectivity index (χ2v) is 12.9. The van der Waals surface area contributed by atoms with Crippen LogP contribution >= 0.6 is 0 Å². The Balaban J connectivity index is 2.06. The summed E-state index contributed by atoms with van der Waals surface area (Å²) in [6.07, 6.45) is 7.77. The van der Waals surface area contributed by atoms with Gasteiger partial charge < -0.3 is 30.5 Å². The Bertz CT molecular complexity index is 1230. The third-order valence-corrected chi connectivity index (χ3v) is 7.98. The normalized spacial score (nSPS) is 15.2. The molecule has 0 aromatic heterocycles. The van der Waals surface area contributed by atoms with Gasteiger partial charge in [-0.3, -0.25) is 9.59 Å². The minimum absolute atomic E-state index is 0.00423. The first kappa shape index (κ1) is 34.7. The average molecular weight is 610 g/mol. The number of alkyl carbamates (subject to hydrolysis) is 1. The van der Waals surface area contributed by atoms with Crippen LogP contribution < -0.4 is 10.6 Å². The Morgan fingerprint density at radius 2 is 1.66 bits per heavy atom. The number of nitrogens with zero attached hydrogens (tertiary/aromatic N) is 1. The van der Waals surface area contributed by atoms with Gasteiger partial charge in [-0.25, -0.2) is 4.79 Å². The first-order chi connectivity index (χ1) is 20.9. The number of aromatic hydroxyl groups is 2. The molecule has 242 valence electrons. The van der Waals surface area contributed by atoms with Crippen LogP contribution in [0.4, 0.5) is 4.79 Å². The van der Waals surface area contributed by atoms with Crippen LogP contribution in [0.3, 0.4) is 0 Å². The zero-order valence-corrected chi connectivity index (χ0v) is 27.0. The predicted molar refractivity (Wildman–Crippen MR) is 171 cm³/mol. The van der Waals surface area contributed by atoms with Gasteiger partial charge in [0.25, 0.3) is 0 Å². The molecule has 3 rings (SSSR count). The minimum Gasteiger partial charge on any atom is -0.508 e. The molecule has 1 fully saturated rings. The second-order valence-electron chi connectivity index (χ2n) is 12.9. The van der Waals surface area contributed by atoms with E-state index in [1.807, 2.05) is 0 Å². The van der Waals surface area contributed by atoms with E-state index < -0.39 is 29.7 Å². The molecule has 0 aliphatic heterocycles. The van der Waals surface area contributed by atoms with Crippen molar-refractivity contribution in [2.45, 2.75) is 123 Å². The van der Waals surface area contributed by atoms with Gasteiger partial charge in [-0.2, -0.15) is 0 Å². The number of hydrogen-bond acceptors (Lipinski definition) is 6. The van der Waals surface area contributed by atoms with Crippen molar-refractivity contribution in [1.82, 2.24) is 15.5 Å². The number of rotatable bonds is 13. The van der Waals surface area contributed by atoms with Crippen molar-refractivity contribution in [3.8, 4) is 11.5 Å². The van der Waals surface area contributed by atoms with Gasteiger partial charge in [-0.1, -0.05) is 75.8 Å². The predicted octanol–water partition coefficient (Wildman–Crippen LogP) is 6.44. The number of carbonyl (C=O) groups is 3. The maximum Gasteiger partial charge on any atom is 0.408 e. The molecular formula is C35H51N3O6. The van der Waals surface area contributed by atoms with Crippen molar-refractivity contribution in [2.75, 3.05) is 6.54 Å². The molecular weight excluding hydrogens is 558 g/mol. The van der Waals surface area contributed by atoms with Gasteiger partial charge in [-0.05, 0) is 70.2 Å². The van der Waals surface area contributed by atoms with Crippen molar-refractivity contribution in [2.24, 2.45) is 0 Å². The van der Waals surface area contributed by atoms with Crippen LogP contribution in [0, 0.1) is 6.92 Å². The summed E-state index contributed by atoms with van der Waals surface area (Å²) in [6, 6.07) is 9.49. The summed E-state index contributed by atoms with van der Waals surface area (Å²) in [4.78, 5) is 43.3. The molecule has 0 spiro atoms. The molecule has 1 saturated carbocycles. The van der Waals surface area contributed by atoms with Crippen LogP contribution in [0.1, 0.15) is 108 Å². The zero-order chi connectivity index (χ0) is 32.3. The van der Waals surface area contributed by atoms with Crippen LogP contribution in [0.15, 0.2) is 42.5 Å². The standard InChI is InChI=1S/C35H51N3O6/c1-6-7-8-12-22-38(30(28-17-13-14-24(2)31(28)40)32(41)36-26-15-10-9-11-16-26)33(42)29(37-34(43)44-35(3,4)5)23-25-18-20-27(39)21-19-25/h13-14,17-21,26,29-30,39-40H,6-12,15-16,22-23H2,1-5H3,(H,36,41)(H,37,43). The molecule has 2 aromatic rings. The maximum atomic E-state index is 14.6. The van der Waals surface area contributed by atoms with E-state index in [1.54, 1.807) is 58.0 Å². The number of hydrogen-bond donors (Lipinski definition) is 4. The smallest absolute Gasteiger partial charge is 0.408 e. The molecule has 9 heteroatoms. The fourth-order valence-electron chi connectivity index (χ4n) is 5.67. The Morgan fingerprint density at radius 1 is 0.977 bits per heavy atom. The SMILES string of the molecule is CCCCCCN(C(=O)C(Cc1ccc(O)cc1)NC(=O)OC(C)(C)C)C(C(=O)NC1CCCCC1)c1cccc(C)c1O. The summed E-state index contributed by atoms with van der Waals surface area (Å²) in [5, 5.41) is 27.0. The van der Waals surface area contributed by atoms with Gasteiger partial charge in [-0.15, -0.1) is 0 Å². The number of phenols is 2. The van der Waals surface area contributed by atoms with E-state index in [4.69, 9.17) is 4.74 Å². The zero-order valence-electron chi connectivity index (χ0n) is 27.0. The lowest BCUT2D eigenvalue weighted by Crippen LogP contribution is -2.54. The highest BCUT2D eigenvalue weighted by Crippen LogP contribution is 2.33. The number of ether oxygens (including phenoxy) is 1. The number of nitrogens with one attached hydrogen (secondary N) is 2. The molecule has 0 heterocycles. The van der Waals surface area contributed by atoms with Crippen molar-refractivity contribution in [3.63, 3.8) is 0 Å². The van der Waals surface area contributed by atoms with Crippen molar-refractivity contribution in [3.05, 3.63) is 59.2 Å². The number of unbranched alkanes of at least 4 members (excludes halogenated alkanes) is 3. The second kappa shape index (κ2) is 16.4. The topological polar surface area (TPSA) is 128 Å². The van der Waals surface area contributed by atoms with E-state index in [0.717, 1.165) is 51.4 Å². The van der Waals surface area contributed by atoms with Crippen molar-refractivity contribution >= 4 is 17.9 Å². The molecule has 1 aliphatic carbocycles. The number of benzene rings is 2. The van der Waals surface area contributed by atoms with E-state index in [9.17, 15) is 24.6 Å². The highest BCUT2D eigenvalue weighted by atomic mass is 16.6. The molecule has 2 atom stereocenters. The van der Waals surface area contributed by atoms with Gasteiger partial charge in [0, 0.05) is 24.6 Å². The number of amides is 3. The van der Waals surface area contributed by atoms with E-state index in [2.05, 4.69) is 17.6 Å². The fraction of sp³-hybridized carbons (Fsp3) is 0.571. The lowest BCUT2D eigenvalue weighted by Gasteiger charge is -2.36. The summed E-state index contributed by atoms with van der Waals surface area (Å²) in [5.41, 5.74) is 0.877. The lowest BCUT2D eigenvalue weighted by molar-refractivity contribution is -0.143. The molecule has 2 aromatic carbocycles. The van der Waals surface area contributed by atoms with Gasteiger partial charge in [0.05, 0.1) is 0 Å². The third-order valence-electron chi connectivity index (χ3n) is 7.98. The molecule has 4 N–H and O–H groups in total. The first-order valence-electron chi connectivity index (χ1n) is 16.1. The number of aryl methyl sites for hydroxylation is 1. The third kappa shape index (κ3) is 10.5. The van der Waals surface area contributed by atoms with Crippen LogP contribution in [0.25, 0.3) is 0 Å². The summed E-state index contributed by atoms with van der Waals surface area (Å²) in [6.45, 7) is 9.37. The minimum atomic E-state index is -1.10. The Labute approximate surface area is 262 Å². The largest absolute Gasteiger partial charge is 0.508 e. The van der Waals surface area contributed by atoms with Crippen molar-refractivity contribution < 1.29 is 29.3 Å². The van der Waals surface area contributed by atoms with E-state index in [0.29, 0.717) is 23.1 Å². The first-order valence-corrected chi connectivity index (χ1v) is 16.1. The van der Waals surface area contributed by atoms with Gasteiger partial charge in [0.2, 0.25) is 11.8 Å². The lowest BCUT2D eigenvalue weighted by atomic mass is 9.93. The van der Waals surface area contributed by atoms with Gasteiger partial charge >= 0.3 is 6.09 Å². The Hall–Kier alpha value is -3.75. The van der Waals surface area contributed by atoms with Crippen LogP contribution in [0.2, 0.25) is 0 Å². The summed E-state index contributed by atoms with van der Waals surface area (Å²) in [5.74, 6) is -0.742. The van der Waals surface area contributed by atoms with E-state index >= 15 is 0 Å². The summed E-state index contributed by atoms with van der Waals surface area (Å²) < 4.78 is 5.52. The summed E-state index contributed by atoms with van der Waals surface area (Å²) >= 11 is 0. The quantitative estimate of drug-likeness (QED) is 0.194. The Morgan fingerprint density at radius 3 is 2.30 bits per heavy atom. The molecule has 0 radical (unpaired) electrons. The highest BCUT2D eigenvalue weighted by Gasteiger charge is 2.38. The highest BCUT2D eigenvalue weighted by molar-refractivity contribution is 5.93. The van der Waals surface area contributed by atoms with E-state index in [-0.39, 0.29) is 36.4 Å². The summed E-state index contributed by atoms with van der Waals surface area (Å²) in [7, 11) is 0. The average Bonchev–Trinajstić information content (AvgIpc) is 2.96. The molecule has 3 amide bonds. The number of carbonyl (C=O) groups excluding carboxylic acids is 3. The van der Waals surface area contributed by atoms with Gasteiger partial charge in [0.15, 0.2) is 0 Å². The van der Waals surface area contributed by atoms with Crippen LogP contribution in [-0.4, -0.2) is 57.3 Å². The number of para-hydroxylation sites is 1. The maximum absolute atomic E-state index is 14.6.